The summed E-state index contributed by atoms with van der Waals surface area (Å²) in [6.45, 7) is 0.522. The zero-order valence-electron chi connectivity index (χ0n) is 11.2. The standard InChI is InChI=1S/C17H17NO2/c19-16-14-12-6-7-13(10-12)15(14)17(20)18(16)9-8-11-4-2-1-3-5-11/h1-7,12-15H,8-10H2/t12-,13-,14+,15+/m0/s1. The van der Waals surface area contributed by atoms with Gasteiger partial charge in [0.15, 0.2) is 0 Å². The molecular formula is C17H17NO2. The van der Waals surface area contributed by atoms with Gasteiger partial charge in [0.05, 0.1) is 11.8 Å². The number of allylic oxidation sites excluding steroid dienone is 2. The lowest BCUT2D eigenvalue weighted by molar-refractivity contribution is -0.140. The predicted octanol–water partition coefficient (Wildman–Crippen LogP) is 2.04. The first-order valence-corrected chi connectivity index (χ1v) is 7.33. The zero-order chi connectivity index (χ0) is 13.7. The second-order valence-electron chi connectivity index (χ2n) is 6.06. The number of hydrogen-bond acceptors (Lipinski definition) is 2. The van der Waals surface area contributed by atoms with Gasteiger partial charge in [-0.3, -0.25) is 14.5 Å². The van der Waals surface area contributed by atoms with Crippen LogP contribution in [0, 0.1) is 23.7 Å². The van der Waals surface area contributed by atoms with Crippen LogP contribution < -0.4 is 0 Å². The molecule has 1 aromatic rings. The Morgan fingerprint density at radius 1 is 0.950 bits per heavy atom. The van der Waals surface area contributed by atoms with Crippen LogP contribution in [0.2, 0.25) is 0 Å². The molecule has 20 heavy (non-hydrogen) atoms. The highest BCUT2D eigenvalue weighted by molar-refractivity contribution is 6.06. The first-order valence-electron chi connectivity index (χ1n) is 7.33. The summed E-state index contributed by atoms with van der Waals surface area (Å²) >= 11 is 0. The molecule has 2 bridgehead atoms. The number of rotatable bonds is 3. The Bertz CT molecular complexity index is 562. The maximum Gasteiger partial charge on any atom is 0.233 e. The first-order chi connectivity index (χ1) is 9.75. The molecule has 1 aliphatic heterocycles. The maximum absolute atomic E-state index is 12.5. The van der Waals surface area contributed by atoms with Crippen molar-refractivity contribution in [3.05, 3.63) is 48.0 Å². The minimum Gasteiger partial charge on any atom is -0.282 e. The Morgan fingerprint density at radius 3 is 2.15 bits per heavy atom. The second kappa shape index (κ2) is 4.30. The molecule has 0 radical (unpaired) electrons. The Morgan fingerprint density at radius 2 is 1.55 bits per heavy atom. The third kappa shape index (κ3) is 1.59. The van der Waals surface area contributed by atoms with E-state index in [0.29, 0.717) is 18.4 Å². The lowest BCUT2D eigenvalue weighted by atomic mass is 9.85. The fourth-order valence-corrected chi connectivity index (χ4v) is 4.07. The summed E-state index contributed by atoms with van der Waals surface area (Å²) in [5.41, 5.74) is 1.17. The van der Waals surface area contributed by atoms with E-state index in [2.05, 4.69) is 12.2 Å². The third-order valence-electron chi connectivity index (χ3n) is 5.03. The zero-order valence-corrected chi connectivity index (χ0v) is 11.2. The van der Waals surface area contributed by atoms with E-state index in [0.717, 1.165) is 12.8 Å². The fraction of sp³-hybridized carbons (Fsp3) is 0.412. The number of imide groups is 1. The molecule has 2 amide bonds. The van der Waals surface area contributed by atoms with Crippen LogP contribution in [-0.4, -0.2) is 23.3 Å². The van der Waals surface area contributed by atoms with Crippen LogP contribution in [0.1, 0.15) is 12.0 Å². The molecule has 1 aromatic carbocycles. The largest absolute Gasteiger partial charge is 0.282 e. The minimum absolute atomic E-state index is 0.0618. The molecule has 1 saturated heterocycles. The third-order valence-corrected chi connectivity index (χ3v) is 5.03. The van der Waals surface area contributed by atoms with Crippen molar-refractivity contribution in [2.45, 2.75) is 12.8 Å². The smallest absolute Gasteiger partial charge is 0.233 e. The predicted molar refractivity (Wildman–Crippen MR) is 74.6 cm³/mol. The van der Waals surface area contributed by atoms with Gasteiger partial charge in [0.25, 0.3) is 0 Å². The van der Waals surface area contributed by atoms with Crippen LogP contribution in [0.3, 0.4) is 0 Å². The van der Waals surface area contributed by atoms with Crippen LogP contribution in [-0.2, 0) is 16.0 Å². The summed E-state index contributed by atoms with van der Waals surface area (Å²) in [7, 11) is 0. The molecule has 3 nitrogen and oxygen atoms in total. The SMILES string of the molecule is O=C1[C@H]2[C@H](C(=O)N1CCc1ccccc1)[C@H]1C=C[C@H]2C1. The van der Waals surface area contributed by atoms with E-state index in [-0.39, 0.29) is 23.7 Å². The highest BCUT2D eigenvalue weighted by atomic mass is 16.2. The molecule has 0 unspecified atom stereocenters. The van der Waals surface area contributed by atoms with Gasteiger partial charge in [0.1, 0.15) is 0 Å². The number of benzene rings is 1. The molecule has 3 aliphatic rings. The minimum atomic E-state index is -0.0618. The van der Waals surface area contributed by atoms with Gasteiger partial charge in [-0.2, -0.15) is 0 Å². The van der Waals surface area contributed by atoms with Crippen molar-refractivity contribution < 1.29 is 9.59 Å². The van der Waals surface area contributed by atoms with E-state index >= 15 is 0 Å². The molecule has 4 atom stereocenters. The van der Waals surface area contributed by atoms with Gasteiger partial charge in [-0.05, 0) is 30.2 Å². The summed E-state index contributed by atoms with van der Waals surface area (Å²) in [5, 5.41) is 0. The van der Waals surface area contributed by atoms with Crippen LogP contribution in [0.15, 0.2) is 42.5 Å². The second-order valence-corrected chi connectivity index (χ2v) is 6.06. The molecule has 0 spiro atoms. The number of carbonyl (C=O) groups is 2. The van der Waals surface area contributed by atoms with Gasteiger partial charge in [0.2, 0.25) is 11.8 Å². The van der Waals surface area contributed by atoms with Gasteiger partial charge in [0, 0.05) is 6.54 Å². The monoisotopic (exact) mass is 267 g/mol. The topological polar surface area (TPSA) is 37.4 Å². The first kappa shape index (κ1) is 11.9. The van der Waals surface area contributed by atoms with Crippen molar-refractivity contribution >= 4 is 11.8 Å². The van der Waals surface area contributed by atoms with E-state index in [4.69, 9.17) is 0 Å². The molecule has 4 rings (SSSR count). The lowest BCUT2D eigenvalue weighted by Gasteiger charge is -2.17. The summed E-state index contributed by atoms with van der Waals surface area (Å²) < 4.78 is 0. The Kier molecular flexibility index (Phi) is 2.56. The number of hydrogen-bond donors (Lipinski definition) is 0. The molecule has 0 N–H and O–H groups in total. The molecule has 2 fully saturated rings. The van der Waals surface area contributed by atoms with Crippen LogP contribution in [0.5, 0.6) is 0 Å². The van der Waals surface area contributed by atoms with Gasteiger partial charge in [-0.25, -0.2) is 0 Å². The summed E-state index contributed by atoms with van der Waals surface area (Å²) in [6.07, 6.45) is 6.02. The van der Waals surface area contributed by atoms with E-state index in [1.54, 1.807) is 0 Å². The number of nitrogens with zero attached hydrogens (tertiary/aromatic N) is 1. The number of fused-ring (bicyclic) bond motifs is 5. The van der Waals surface area contributed by atoms with Crippen LogP contribution in [0.25, 0.3) is 0 Å². The van der Waals surface area contributed by atoms with Gasteiger partial charge >= 0.3 is 0 Å². The molecular weight excluding hydrogens is 250 g/mol. The van der Waals surface area contributed by atoms with Crippen molar-refractivity contribution in [1.82, 2.24) is 4.90 Å². The molecule has 1 heterocycles. The van der Waals surface area contributed by atoms with Gasteiger partial charge in [-0.1, -0.05) is 42.5 Å². The molecule has 2 aliphatic carbocycles. The normalized spacial score (nSPS) is 34.1. The van der Waals surface area contributed by atoms with Gasteiger partial charge < -0.3 is 0 Å². The van der Waals surface area contributed by atoms with Crippen molar-refractivity contribution in [3.63, 3.8) is 0 Å². The fourth-order valence-electron chi connectivity index (χ4n) is 4.07. The van der Waals surface area contributed by atoms with Crippen molar-refractivity contribution in [3.8, 4) is 0 Å². The summed E-state index contributed by atoms with van der Waals surface area (Å²) in [4.78, 5) is 26.5. The molecule has 3 heteroatoms. The number of amides is 2. The average molecular weight is 267 g/mol. The summed E-state index contributed by atoms with van der Waals surface area (Å²) in [5.74, 6) is 0.619. The molecule has 0 aromatic heterocycles. The Labute approximate surface area is 118 Å². The highest BCUT2D eigenvalue weighted by Crippen LogP contribution is 2.52. The van der Waals surface area contributed by atoms with E-state index < -0.39 is 0 Å². The quantitative estimate of drug-likeness (QED) is 0.621. The van der Waals surface area contributed by atoms with E-state index in [1.807, 2.05) is 30.3 Å². The van der Waals surface area contributed by atoms with Gasteiger partial charge in [-0.15, -0.1) is 0 Å². The summed E-state index contributed by atoms with van der Waals surface area (Å²) in [6, 6.07) is 10.0. The van der Waals surface area contributed by atoms with Crippen molar-refractivity contribution in [2.75, 3.05) is 6.54 Å². The van der Waals surface area contributed by atoms with E-state index in [1.165, 1.54) is 10.5 Å². The Balaban J connectivity index is 1.51. The van der Waals surface area contributed by atoms with Crippen LogP contribution in [0.4, 0.5) is 0 Å². The molecule has 102 valence electrons. The highest BCUT2D eigenvalue weighted by Gasteiger charge is 2.58. The molecule has 1 saturated carbocycles. The lowest BCUT2D eigenvalue weighted by Crippen LogP contribution is -2.34. The van der Waals surface area contributed by atoms with Crippen molar-refractivity contribution in [2.24, 2.45) is 23.7 Å². The number of likely N-dealkylation sites (tertiary alicyclic amines) is 1. The van der Waals surface area contributed by atoms with Crippen LogP contribution >= 0.6 is 0 Å². The average Bonchev–Trinajstić information content (AvgIpc) is 3.13. The maximum atomic E-state index is 12.5. The Hall–Kier alpha value is -1.90. The van der Waals surface area contributed by atoms with Crippen molar-refractivity contribution in [1.29, 1.82) is 0 Å². The number of carbonyl (C=O) groups excluding carboxylic acids is 2. The van der Waals surface area contributed by atoms with E-state index in [9.17, 15) is 9.59 Å².